The zero-order valence-corrected chi connectivity index (χ0v) is 16.9. The van der Waals surface area contributed by atoms with Gasteiger partial charge in [0, 0.05) is 25.0 Å². The Bertz CT molecular complexity index is 821. The van der Waals surface area contributed by atoms with Crippen molar-refractivity contribution in [3.05, 3.63) is 36.0 Å². The maximum atomic E-state index is 13.5. The van der Waals surface area contributed by atoms with Gasteiger partial charge in [0.1, 0.15) is 11.3 Å². The summed E-state index contributed by atoms with van der Waals surface area (Å²) in [6.07, 6.45) is 1.57. The molecule has 0 saturated heterocycles. The van der Waals surface area contributed by atoms with Crippen LogP contribution in [0.5, 0.6) is 11.8 Å². The van der Waals surface area contributed by atoms with Crippen molar-refractivity contribution < 1.29 is 22.6 Å². The molecule has 0 unspecified atom stereocenters. The fraction of sp³-hybridized carbons (Fsp3) is 0.524. The second-order valence-corrected chi connectivity index (χ2v) is 7.49. The molecular formula is C21H26F3N3O2. The van der Waals surface area contributed by atoms with Crippen LogP contribution >= 0.6 is 0 Å². The van der Waals surface area contributed by atoms with Crippen molar-refractivity contribution in [2.45, 2.75) is 64.3 Å². The molecule has 1 fully saturated rings. The van der Waals surface area contributed by atoms with Gasteiger partial charge in [0.05, 0.1) is 12.2 Å². The first kappa shape index (κ1) is 21.2. The van der Waals surface area contributed by atoms with E-state index >= 15 is 0 Å². The van der Waals surface area contributed by atoms with Gasteiger partial charge in [-0.25, -0.2) is 4.98 Å². The Morgan fingerprint density at radius 3 is 2.52 bits per heavy atom. The lowest BCUT2D eigenvalue weighted by Crippen LogP contribution is -2.21. The predicted octanol–water partition coefficient (Wildman–Crippen LogP) is 5.76. The van der Waals surface area contributed by atoms with Gasteiger partial charge in [0.25, 0.3) is 0 Å². The summed E-state index contributed by atoms with van der Waals surface area (Å²) in [6.45, 7) is 3.52. The number of halogens is 3. The molecule has 3 rings (SSSR count). The van der Waals surface area contributed by atoms with Gasteiger partial charge in [-0.1, -0.05) is 12.5 Å². The van der Waals surface area contributed by atoms with Crippen molar-refractivity contribution in [3.63, 3.8) is 0 Å². The molecule has 0 aliphatic heterocycles. The summed E-state index contributed by atoms with van der Waals surface area (Å²) in [5.41, 5.74) is -0.382. The number of rotatable bonds is 6. The topological polar surface area (TPSA) is 47.5 Å². The minimum absolute atomic E-state index is 0.0931. The second-order valence-electron chi connectivity index (χ2n) is 7.49. The summed E-state index contributed by atoms with van der Waals surface area (Å²) >= 11 is 0. The van der Waals surface area contributed by atoms with Gasteiger partial charge >= 0.3 is 12.2 Å². The minimum Gasteiger partial charge on any atom is -0.490 e. The molecule has 0 spiro atoms. The number of benzene rings is 1. The van der Waals surface area contributed by atoms with Gasteiger partial charge in [-0.2, -0.15) is 18.2 Å². The van der Waals surface area contributed by atoms with Crippen LogP contribution in [0.15, 0.2) is 30.5 Å². The van der Waals surface area contributed by atoms with E-state index < -0.39 is 11.7 Å². The van der Waals surface area contributed by atoms with Crippen LogP contribution in [-0.2, 0) is 6.18 Å². The third kappa shape index (κ3) is 5.52. The van der Waals surface area contributed by atoms with Crippen LogP contribution in [-0.4, -0.2) is 29.2 Å². The number of alkyl halides is 3. The van der Waals surface area contributed by atoms with Gasteiger partial charge in [-0.05, 0) is 51.7 Å². The summed E-state index contributed by atoms with van der Waals surface area (Å²) in [4.78, 5) is 9.13. The summed E-state index contributed by atoms with van der Waals surface area (Å²) in [5.74, 6) is 0.375. The van der Waals surface area contributed by atoms with Crippen LogP contribution in [0.2, 0.25) is 0 Å². The Labute approximate surface area is 168 Å². The zero-order valence-electron chi connectivity index (χ0n) is 16.9. The smallest absolute Gasteiger partial charge is 0.421 e. The van der Waals surface area contributed by atoms with E-state index in [1.54, 1.807) is 32.0 Å². The van der Waals surface area contributed by atoms with Crippen molar-refractivity contribution in [1.82, 2.24) is 9.97 Å². The molecule has 158 valence electrons. The molecule has 5 nitrogen and oxygen atoms in total. The lowest BCUT2D eigenvalue weighted by Gasteiger charge is -2.25. The molecular weight excluding hydrogens is 383 g/mol. The highest BCUT2D eigenvalue weighted by molar-refractivity contribution is 5.64. The maximum Gasteiger partial charge on any atom is 0.421 e. The lowest BCUT2D eigenvalue weighted by molar-refractivity contribution is -0.137. The summed E-state index contributed by atoms with van der Waals surface area (Å²) < 4.78 is 52.0. The lowest BCUT2D eigenvalue weighted by atomic mass is 9.98. The van der Waals surface area contributed by atoms with E-state index in [9.17, 15) is 13.2 Å². The number of anilines is 2. The Kier molecular flexibility index (Phi) is 6.49. The first-order valence-corrected chi connectivity index (χ1v) is 9.85. The fourth-order valence-corrected chi connectivity index (χ4v) is 3.34. The number of hydrogen-bond acceptors (Lipinski definition) is 5. The van der Waals surface area contributed by atoms with Crippen LogP contribution < -0.4 is 14.4 Å². The second kappa shape index (κ2) is 8.88. The number of hydrogen-bond donors (Lipinski definition) is 0. The predicted molar refractivity (Wildman–Crippen MR) is 105 cm³/mol. The Morgan fingerprint density at radius 2 is 1.86 bits per heavy atom. The summed E-state index contributed by atoms with van der Waals surface area (Å²) in [5, 5.41) is 0. The van der Waals surface area contributed by atoms with Crippen LogP contribution in [0, 0.1) is 0 Å². The highest BCUT2D eigenvalue weighted by Crippen LogP contribution is 2.38. The third-order valence-electron chi connectivity index (χ3n) is 4.77. The fourth-order valence-electron chi connectivity index (χ4n) is 3.34. The Morgan fingerprint density at radius 1 is 1.14 bits per heavy atom. The number of aromatic nitrogens is 2. The van der Waals surface area contributed by atoms with E-state index in [1.165, 1.54) is 18.4 Å². The molecule has 0 amide bonds. The van der Waals surface area contributed by atoms with Crippen molar-refractivity contribution in [3.8, 4) is 11.8 Å². The minimum atomic E-state index is -4.59. The summed E-state index contributed by atoms with van der Waals surface area (Å²) in [7, 11) is 1.54. The zero-order chi connectivity index (χ0) is 21.0. The third-order valence-corrected chi connectivity index (χ3v) is 4.77. The SMILES string of the molecule is CC(C)Oc1ncc(C(F)(F)F)c(N(C)c2cccc(OC3CCCCC3)c2)n1. The molecule has 2 aromatic rings. The van der Waals surface area contributed by atoms with Crippen LogP contribution in [0.1, 0.15) is 51.5 Å². The van der Waals surface area contributed by atoms with Crippen molar-refractivity contribution in [2.24, 2.45) is 0 Å². The molecule has 1 aliphatic rings. The molecule has 1 saturated carbocycles. The number of ether oxygens (including phenoxy) is 2. The average Bonchev–Trinajstić information content (AvgIpc) is 2.67. The first-order valence-electron chi connectivity index (χ1n) is 9.85. The van der Waals surface area contributed by atoms with E-state index in [-0.39, 0.29) is 24.0 Å². The van der Waals surface area contributed by atoms with Crippen LogP contribution in [0.4, 0.5) is 24.7 Å². The van der Waals surface area contributed by atoms with Gasteiger partial charge in [0.2, 0.25) is 0 Å². The molecule has 1 heterocycles. The number of nitrogens with zero attached hydrogens (tertiary/aromatic N) is 3. The van der Waals surface area contributed by atoms with Crippen molar-refractivity contribution >= 4 is 11.5 Å². The Balaban J connectivity index is 1.90. The molecule has 1 aromatic carbocycles. The maximum absolute atomic E-state index is 13.5. The quantitative estimate of drug-likeness (QED) is 0.607. The van der Waals surface area contributed by atoms with E-state index in [2.05, 4.69) is 9.97 Å². The molecule has 29 heavy (non-hydrogen) atoms. The summed E-state index contributed by atoms with van der Waals surface area (Å²) in [6, 6.07) is 6.96. The van der Waals surface area contributed by atoms with Crippen molar-refractivity contribution in [1.29, 1.82) is 0 Å². The van der Waals surface area contributed by atoms with Gasteiger partial charge in [-0.15, -0.1) is 0 Å². The van der Waals surface area contributed by atoms with E-state index in [1.807, 2.05) is 6.07 Å². The van der Waals surface area contributed by atoms with Gasteiger partial charge in [0.15, 0.2) is 5.82 Å². The van der Waals surface area contributed by atoms with Crippen LogP contribution in [0.25, 0.3) is 0 Å². The molecule has 1 aliphatic carbocycles. The first-order chi connectivity index (χ1) is 13.7. The molecule has 0 bridgehead atoms. The van der Waals surface area contributed by atoms with Gasteiger partial charge < -0.3 is 14.4 Å². The Hall–Kier alpha value is -2.51. The van der Waals surface area contributed by atoms with Gasteiger partial charge in [-0.3, -0.25) is 0 Å². The highest BCUT2D eigenvalue weighted by Gasteiger charge is 2.37. The highest BCUT2D eigenvalue weighted by atomic mass is 19.4. The van der Waals surface area contributed by atoms with Crippen molar-refractivity contribution in [2.75, 3.05) is 11.9 Å². The normalized spacial score (nSPS) is 15.4. The monoisotopic (exact) mass is 409 g/mol. The standard InChI is InChI=1S/C21H26F3N3O2/c1-14(2)28-20-25-13-18(21(22,23)24)19(26-20)27(3)15-8-7-11-17(12-15)29-16-9-5-4-6-10-16/h7-8,11-14,16H,4-6,9-10H2,1-3H3. The average molecular weight is 409 g/mol. The van der Waals surface area contributed by atoms with E-state index in [0.717, 1.165) is 31.9 Å². The molecule has 0 atom stereocenters. The molecule has 0 N–H and O–H groups in total. The van der Waals surface area contributed by atoms with E-state index in [0.29, 0.717) is 11.4 Å². The largest absolute Gasteiger partial charge is 0.490 e. The molecule has 1 aromatic heterocycles. The molecule has 8 heteroatoms. The van der Waals surface area contributed by atoms with E-state index in [4.69, 9.17) is 9.47 Å². The van der Waals surface area contributed by atoms with Crippen LogP contribution in [0.3, 0.4) is 0 Å². The molecule has 0 radical (unpaired) electrons.